The fourth-order valence-corrected chi connectivity index (χ4v) is 1.36. The zero-order valence-electron chi connectivity index (χ0n) is 13.1. The van der Waals surface area contributed by atoms with Crippen LogP contribution in [0.4, 0.5) is 0 Å². The molecule has 0 aromatic heterocycles. The maximum atomic E-state index is 11.0. The monoisotopic (exact) mass is 324 g/mol. The predicted molar refractivity (Wildman–Crippen MR) is 78.4 cm³/mol. The molecule has 0 aromatic carbocycles. The Hall–Kier alpha value is -0.850. The fraction of sp³-hybridized carbons (Fsp3) is 0.857. The van der Waals surface area contributed by atoms with E-state index in [1.165, 1.54) is 0 Å². The van der Waals surface area contributed by atoms with Crippen LogP contribution in [-0.4, -0.2) is 56.0 Å². The molecule has 0 rings (SSSR count). The van der Waals surface area contributed by atoms with Crippen LogP contribution in [0.15, 0.2) is 0 Å². The van der Waals surface area contributed by atoms with Crippen molar-refractivity contribution < 1.29 is 28.5 Å². The Labute approximate surface area is 131 Å². The molecule has 21 heavy (non-hydrogen) atoms. The Morgan fingerprint density at radius 3 is 1.95 bits per heavy atom. The first-order valence-electron chi connectivity index (χ1n) is 7.03. The third kappa shape index (κ3) is 11.5. The van der Waals surface area contributed by atoms with Crippen LogP contribution in [0.3, 0.4) is 0 Å². The highest BCUT2D eigenvalue weighted by Crippen LogP contribution is 2.01. The zero-order chi connectivity index (χ0) is 16.3. The summed E-state index contributed by atoms with van der Waals surface area (Å²) in [6.45, 7) is 7.99. The van der Waals surface area contributed by atoms with Crippen molar-refractivity contribution in [2.75, 3.05) is 25.7 Å². The second-order valence-corrected chi connectivity index (χ2v) is 5.03. The predicted octanol–water partition coefficient (Wildman–Crippen LogP) is 1.92. The molecular weight excluding hydrogens is 300 g/mol. The van der Waals surface area contributed by atoms with E-state index in [0.717, 1.165) is 0 Å². The molecule has 0 saturated carbocycles. The van der Waals surface area contributed by atoms with Gasteiger partial charge in [0.2, 0.25) is 0 Å². The SMILES string of the molecule is CCC(=O)OCC(C)OCC(C)OCC(C)OC(=O)CCl. The van der Waals surface area contributed by atoms with Crippen LogP contribution in [0, 0.1) is 0 Å². The highest BCUT2D eigenvalue weighted by Gasteiger charge is 2.13. The number of hydrogen-bond acceptors (Lipinski definition) is 6. The third-order valence-corrected chi connectivity index (χ3v) is 2.66. The maximum Gasteiger partial charge on any atom is 0.321 e. The number of carbonyl (C=O) groups is 2. The molecule has 0 saturated heterocycles. The Balaban J connectivity index is 3.72. The van der Waals surface area contributed by atoms with Crippen LogP contribution in [-0.2, 0) is 28.5 Å². The molecule has 0 N–H and O–H groups in total. The molecule has 0 heterocycles. The highest BCUT2D eigenvalue weighted by atomic mass is 35.5. The fourth-order valence-electron chi connectivity index (χ4n) is 1.30. The van der Waals surface area contributed by atoms with Crippen molar-refractivity contribution in [1.29, 1.82) is 0 Å². The number of alkyl halides is 1. The van der Waals surface area contributed by atoms with Crippen LogP contribution in [0.2, 0.25) is 0 Å². The molecule has 0 fully saturated rings. The van der Waals surface area contributed by atoms with Gasteiger partial charge in [0, 0.05) is 6.42 Å². The average Bonchev–Trinajstić information content (AvgIpc) is 2.47. The molecule has 0 radical (unpaired) electrons. The van der Waals surface area contributed by atoms with Gasteiger partial charge in [-0.1, -0.05) is 6.92 Å². The molecular formula is C14H25ClO6. The minimum Gasteiger partial charge on any atom is -0.463 e. The van der Waals surface area contributed by atoms with Gasteiger partial charge >= 0.3 is 11.9 Å². The molecule has 0 aliphatic carbocycles. The molecule has 3 atom stereocenters. The van der Waals surface area contributed by atoms with Gasteiger partial charge in [-0.2, -0.15) is 0 Å². The van der Waals surface area contributed by atoms with Crippen molar-refractivity contribution in [3.8, 4) is 0 Å². The largest absolute Gasteiger partial charge is 0.463 e. The molecule has 0 amide bonds. The number of hydrogen-bond donors (Lipinski definition) is 0. The van der Waals surface area contributed by atoms with Gasteiger partial charge in [-0.05, 0) is 20.8 Å². The van der Waals surface area contributed by atoms with Gasteiger partial charge in [0.15, 0.2) is 0 Å². The maximum absolute atomic E-state index is 11.0. The average molecular weight is 325 g/mol. The Bertz CT molecular complexity index is 310. The third-order valence-electron chi connectivity index (χ3n) is 2.44. The van der Waals surface area contributed by atoms with E-state index in [1.807, 2.05) is 13.8 Å². The summed E-state index contributed by atoms with van der Waals surface area (Å²) in [5.74, 6) is -0.885. The van der Waals surface area contributed by atoms with Gasteiger partial charge < -0.3 is 18.9 Å². The minimum absolute atomic E-state index is 0.161. The smallest absolute Gasteiger partial charge is 0.321 e. The van der Waals surface area contributed by atoms with E-state index in [-0.39, 0.29) is 43.4 Å². The van der Waals surface area contributed by atoms with Crippen molar-refractivity contribution in [3.05, 3.63) is 0 Å². The summed E-state index contributed by atoms with van der Waals surface area (Å²) >= 11 is 5.33. The van der Waals surface area contributed by atoms with Crippen LogP contribution in [0.25, 0.3) is 0 Å². The normalized spacial score (nSPS) is 15.1. The number of rotatable bonds is 11. The summed E-state index contributed by atoms with van der Waals surface area (Å²) in [5, 5.41) is 0. The number of halogens is 1. The van der Waals surface area contributed by atoms with Gasteiger partial charge in [0.1, 0.15) is 18.6 Å². The number of ether oxygens (including phenoxy) is 4. The Morgan fingerprint density at radius 2 is 1.43 bits per heavy atom. The van der Waals surface area contributed by atoms with E-state index in [2.05, 4.69) is 0 Å². The zero-order valence-corrected chi connectivity index (χ0v) is 13.9. The standard InChI is InChI=1S/C14H25ClO6/c1-5-13(16)20-8-11(3)18-7-10(2)19-9-12(4)21-14(17)6-15/h10-12H,5-9H2,1-4H3. The molecule has 0 spiro atoms. The molecule has 7 heteroatoms. The van der Waals surface area contributed by atoms with Crippen molar-refractivity contribution in [3.63, 3.8) is 0 Å². The lowest BCUT2D eigenvalue weighted by atomic mass is 10.4. The van der Waals surface area contributed by atoms with E-state index >= 15 is 0 Å². The second kappa shape index (κ2) is 11.8. The van der Waals surface area contributed by atoms with E-state index in [9.17, 15) is 9.59 Å². The molecule has 3 unspecified atom stereocenters. The topological polar surface area (TPSA) is 71.1 Å². The minimum atomic E-state index is -0.469. The number of esters is 2. The summed E-state index contributed by atoms with van der Waals surface area (Å²) in [6.07, 6.45) is -0.364. The van der Waals surface area contributed by atoms with Gasteiger partial charge in [0.05, 0.1) is 25.4 Å². The van der Waals surface area contributed by atoms with Crippen molar-refractivity contribution in [2.45, 2.75) is 52.4 Å². The Morgan fingerprint density at radius 1 is 0.905 bits per heavy atom. The Kier molecular flexibility index (Phi) is 11.3. The summed E-state index contributed by atoms with van der Waals surface area (Å²) in [4.78, 5) is 21.9. The van der Waals surface area contributed by atoms with Crippen LogP contribution < -0.4 is 0 Å². The van der Waals surface area contributed by atoms with Crippen LogP contribution in [0.5, 0.6) is 0 Å². The van der Waals surface area contributed by atoms with E-state index < -0.39 is 5.97 Å². The summed E-state index contributed by atoms with van der Waals surface area (Å²) in [5.41, 5.74) is 0. The first-order valence-corrected chi connectivity index (χ1v) is 7.56. The van der Waals surface area contributed by atoms with Crippen molar-refractivity contribution >= 4 is 23.5 Å². The molecule has 0 aliphatic rings. The van der Waals surface area contributed by atoms with E-state index in [0.29, 0.717) is 13.0 Å². The molecule has 6 nitrogen and oxygen atoms in total. The lowest BCUT2D eigenvalue weighted by Crippen LogP contribution is -2.28. The lowest BCUT2D eigenvalue weighted by Gasteiger charge is -2.19. The lowest BCUT2D eigenvalue weighted by molar-refractivity contribution is -0.152. The summed E-state index contributed by atoms with van der Waals surface area (Å²) in [7, 11) is 0. The summed E-state index contributed by atoms with van der Waals surface area (Å²) in [6, 6.07) is 0. The first-order chi connectivity index (χ1) is 9.88. The number of carbonyl (C=O) groups excluding carboxylic acids is 2. The van der Waals surface area contributed by atoms with Crippen LogP contribution in [0.1, 0.15) is 34.1 Å². The molecule has 0 aliphatic heterocycles. The van der Waals surface area contributed by atoms with Crippen molar-refractivity contribution in [2.24, 2.45) is 0 Å². The van der Waals surface area contributed by atoms with Gasteiger partial charge in [-0.25, -0.2) is 0 Å². The highest BCUT2D eigenvalue weighted by molar-refractivity contribution is 6.26. The first kappa shape index (κ1) is 20.1. The van der Waals surface area contributed by atoms with Gasteiger partial charge in [-0.15, -0.1) is 11.6 Å². The van der Waals surface area contributed by atoms with Gasteiger partial charge in [0.25, 0.3) is 0 Å². The summed E-state index contributed by atoms with van der Waals surface area (Å²) < 4.78 is 20.9. The van der Waals surface area contributed by atoms with E-state index in [1.54, 1.807) is 13.8 Å². The molecule has 0 bridgehead atoms. The second-order valence-electron chi connectivity index (χ2n) is 4.76. The molecule has 124 valence electrons. The van der Waals surface area contributed by atoms with Crippen LogP contribution >= 0.6 is 11.6 Å². The van der Waals surface area contributed by atoms with Crippen molar-refractivity contribution in [1.82, 2.24) is 0 Å². The quantitative estimate of drug-likeness (QED) is 0.427. The van der Waals surface area contributed by atoms with Gasteiger partial charge in [-0.3, -0.25) is 9.59 Å². The molecule has 0 aromatic rings. The van der Waals surface area contributed by atoms with E-state index in [4.69, 9.17) is 30.5 Å².